The molecule has 0 spiro atoms. The van der Waals surface area contributed by atoms with E-state index in [1.807, 2.05) is 0 Å². The van der Waals surface area contributed by atoms with Gasteiger partial charge in [-0.05, 0) is 18.2 Å². The molecular formula is C7H4ClFO4S. The third-order valence-electron chi connectivity index (χ3n) is 1.45. The minimum Gasteiger partial charge on any atom is -0.478 e. The third-order valence-corrected chi connectivity index (χ3v) is 2.60. The van der Waals surface area contributed by atoms with Gasteiger partial charge in [0.1, 0.15) is 0 Å². The van der Waals surface area contributed by atoms with Crippen molar-refractivity contribution in [2.24, 2.45) is 0 Å². The molecule has 0 saturated carbocycles. The Balaban J connectivity index is 3.42. The summed E-state index contributed by atoms with van der Waals surface area (Å²) in [5.74, 6) is -1.42. The first kappa shape index (κ1) is 10.9. The van der Waals surface area contributed by atoms with E-state index in [4.69, 9.17) is 16.7 Å². The summed E-state index contributed by atoms with van der Waals surface area (Å²) < 4.78 is 33.3. The maximum atomic E-state index is 12.4. The SMILES string of the molecule is O=C(O)c1cc(S(=O)(=O)F)ccc1Cl. The Morgan fingerprint density at radius 2 is 2.00 bits per heavy atom. The van der Waals surface area contributed by atoms with Crippen LogP contribution in [0.4, 0.5) is 3.89 Å². The first-order valence-corrected chi connectivity index (χ1v) is 5.06. The molecule has 0 fully saturated rings. The lowest BCUT2D eigenvalue weighted by molar-refractivity contribution is 0.0697. The Hall–Kier alpha value is -1.14. The van der Waals surface area contributed by atoms with Gasteiger partial charge in [-0.15, -0.1) is 3.89 Å². The summed E-state index contributed by atoms with van der Waals surface area (Å²) in [6.45, 7) is 0. The molecule has 1 aromatic rings. The van der Waals surface area contributed by atoms with Crippen LogP contribution in [0.15, 0.2) is 23.1 Å². The number of hydrogen-bond acceptors (Lipinski definition) is 3. The second kappa shape index (κ2) is 3.55. The summed E-state index contributed by atoms with van der Waals surface area (Å²) in [5, 5.41) is 8.41. The lowest BCUT2D eigenvalue weighted by atomic mass is 10.2. The fourth-order valence-corrected chi connectivity index (χ4v) is 1.51. The van der Waals surface area contributed by atoms with E-state index in [9.17, 15) is 17.1 Å². The first-order valence-electron chi connectivity index (χ1n) is 3.30. The predicted octanol–water partition coefficient (Wildman–Crippen LogP) is 1.70. The van der Waals surface area contributed by atoms with Crippen LogP contribution in [0.2, 0.25) is 5.02 Å². The van der Waals surface area contributed by atoms with Crippen LogP contribution in [-0.4, -0.2) is 19.5 Å². The minimum atomic E-state index is -4.90. The lowest BCUT2D eigenvalue weighted by Gasteiger charge is -1.99. The van der Waals surface area contributed by atoms with Gasteiger partial charge in [-0.1, -0.05) is 11.6 Å². The Labute approximate surface area is 84.1 Å². The van der Waals surface area contributed by atoms with E-state index in [1.165, 1.54) is 0 Å². The zero-order chi connectivity index (χ0) is 10.9. The van der Waals surface area contributed by atoms with Gasteiger partial charge >= 0.3 is 16.2 Å². The Morgan fingerprint density at radius 3 is 2.43 bits per heavy atom. The smallest absolute Gasteiger partial charge is 0.337 e. The number of halogens is 2. The van der Waals surface area contributed by atoms with Crippen molar-refractivity contribution in [3.63, 3.8) is 0 Å². The summed E-state index contributed by atoms with van der Waals surface area (Å²) >= 11 is 5.44. The number of carboxylic acids is 1. The van der Waals surface area contributed by atoms with Gasteiger partial charge in [0.25, 0.3) is 0 Å². The van der Waals surface area contributed by atoms with E-state index < -0.39 is 26.7 Å². The van der Waals surface area contributed by atoms with Crippen LogP contribution in [0.25, 0.3) is 0 Å². The maximum Gasteiger partial charge on any atom is 0.337 e. The first-order chi connectivity index (χ1) is 6.32. The molecule has 76 valence electrons. The molecule has 1 aromatic carbocycles. The molecule has 0 aliphatic rings. The van der Waals surface area contributed by atoms with Crippen LogP contribution in [-0.2, 0) is 10.2 Å². The van der Waals surface area contributed by atoms with Crippen LogP contribution in [0.5, 0.6) is 0 Å². The molecule has 0 bridgehead atoms. The molecule has 0 aromatic heterocycles. The second-order valence-corrected chi connectivity index (χ2v) is 4.14. The third kappa shape index (κ3) is 2.21. The van der Waals surface area contributed by atoms with Crippen molar-refractivity contribution in [2.75, 3.05) is 0 Å². The summed E-state index contributed by atoms with van der Waals surface area (Å²) in [5.41, 5.74) is -0.453. The second-order valence-electron chi connectivity index (χ2n) is 2.38. The van der Waals surface area contributed by atoms with Gasteiger partial charge in [-0.2, -0.15) is 8.42 Å². The molecule has 1 N–H and O–H groups in total. The molecule has 0 saturated heterocycles. The van der Waals surface area contributed by atoms with Crippen molar-refractivity contribution in [3.8, 4) is 0 Å². The highest BCUT2D eigenvalue weighted by Crippen LogP contribution is 2.21. The molecule has 0 radical (unpaired) electrons. The van der Waals surface area contributed by atoms with E-state index in [-0.39, 0.29) is 5.02 Å². The van der Waals surface area contributed by atoms with Gasteiger partial charge < -0.3 is 5.11 Å². The maximum absolute atomic E-state index is 12.4. The molecule has 0 amide bonds. The summed E-state index contributed by atoms with van der Waals surface area (Å²) in [4.78, 5) is 9.78. The number of carboxylic acid groups (broad SMARTS) is 1. The fourth-order valence-electron chi connectivity index (χ4n) is 0.820. The van der Waals surface area contributed by atoms with Crippen LogP contribution >= 0.6 is 11.6 Å². The van der Waals surface area contributed by atoms with E-state index in [0.717, 1.165) is 12.1 Å². The Kier molecular flexibility index (Phi) is 2.77. The molecule has 14 heavy (non-hydrogen) atoms. The van der Waals surface area contributed by atoms with Crippen LogP contribution in [0.1, 0.15) is 10.4 Å². The van der Waals surface area contributed by atoms with Crippen LogP contribution in [0.3, 0.4) is 0 Å². The average molecular weight is 239 g/mol. The molecule has 0 unspecified atom stereocenters. The Morgan fingerprint density at radius 1 is 1.43 bits per heavy atom. The minimum absolute atomic E-state index is 0.148. The number of carbonyl (C=O) groups is 1. The van der Waals surface area contributed by atoms with Crippen LogP contribution < -0.4 is 0 Å². The molecule has 0 aliphatic heterocycles. The summed E-state index contributed by atoms with van der Waals surface area (Å²) in [7, 11) is -4.90. The van der Waals surface area contributed by atoms with Gasteiger partial charge in [0.05, 0.1) is 15.5 Å². The van der Waals surface area contributed by atoms with Crippen molar-refractivity contribution in [1.82, 2.24) is 0 Å². The average Bonchev–Trinajstić information content (AvgIpc) is 2.02. The van der Waals surface area contributed by atoms with Crippen molar-refractivity contribution < 1.29 is 22.2 Å². The predicted molar refractivity (Wildman–Crippen MR) is 46.7 cm³/mol. The van der Waals surface area contributed by atoms with Gasteiger partial charge in [0.2, 0.25) is 0 Å². The highest BCUT2D eigenvalue weighted by Gasteiger charge is 2.16. The monoisotopic (exact) mass is 238 g/mol. The van der Waals surface area contributed by atoms with Crippen molar-refractivity contribution >= 4 is 27.8 Å². The van der Waals surface area contributed by atoms with Crippen molar-refractivity contribution in [3.05, 3.63) is 28.8 Å². The van der Waals surface area contributed by atoms with Gasteiger partial charge in [0, 0.05) is 0 Å². The molecule has 0 aliphatic carbocycles. The molecule has 7 heteroatoms. The van der Waals surface area contributed by atoms with E-state index in [1.54, 1.807) is 0 Å². The van der Waals surface area contributed by atoms with E-state index >= 15 is 0 Å². The summed E-state index contributed by atoms with van der Waals surface area (Å²) in [6.07, 6.45) is 0. The fraction of sp³-hybridized carbons (Fsp3) is 0. The lowest BCUT2D eigenvalue weighted by Crippen LogP contribution is -2.00. The number of aromatic carboxylic acids is 1. The zero-order valence-electron chi connectivity index (χ0n) is 6.57. The van der Waals surface area contributed by atoms with Gasteiger partial charge in [0.15, 0.2) is 0 Å². The molecule has 4 nitrogen and oxygen atoms in total. The van der Waals surface area contributed by atoms with Crippen molar-refractivity contribution in [2.45, 2.75) is 4.90 Å². The molecule has 0 heterocycles. The topological polar surface area (TPSA) is 71.4 Å². The van der Waals surface area contributed by atoms with Gasteiger partial charge in [-0.25, -0.2) is 4.79 Å². The normalized spacial score (nSPS) is 11.3. The standard InChI is InChI=1S/C7H4ClFO4S/c8-6-2-1-4(14(9,12)13)3-5(6)7(10)11/h1-3H,(H,10,11). The van der Waals surface area contributed by atoms with E-state index in [0.29, 0.717) is 6.07 Å². The molecular weight excluding hydrogens is 235 g/mol. The Bertz CT molecular complexity index is 482. The number of rotatable bonds is 2. The number of hydrogen-bond donors (Lipinski definition) is 1. The van der Waals surface area contributed by atoms with E-state index in [2.05, 4.69) is 0 Å². The van der Waals surface area contributed by atoms with Crippen LogP contribution in [0, 0.1) is 0 Å². The number of benzene rings is 1. The quantitative estimate of drug-likeness (QED) is 0.796. The van der Waals surface area contributed by atoms with Crippen molar-refractivity contribution in [1.29, 1.82) is 0 Å². The highest BCUT2D eigenvalue weighted by atomic mass is 35.5. The molecule has 0 atom stereocenters. The van der Waals surface area contributed by atoms with Gasteiger partial charge in [-0.3, -0.25) is 0 Å². The largest absolute Gasteiger partial charge is 0.478 e. The molecule has 1 rings (SSSR count). The zero-order valence-corrected chi connectivity index (χ0v) is 8.14. The highest BCUT2D eigenvalue weighted by molar-refractivity contribution is 7.86. The summed E-state index contributed by atoms with van der Waals surface area (Å²) in [6, 6.07) is 2.57.